The van der Waals surface area contributed by atoms with Gasteiger partial charge in [0.05, 0.1) is 11.0 Å². The van der Waals surface area contributed by atoms with Crippen molar-refractivity contribution in [3.05, 3.63) is 81.7 Å². The second kappa shape index (κ2) is 11.0. The van der Waals surface area contributed by atoms with Crippen LogP contribution in [0.1, 0.15) is 31.4 Å². The Hall–Kier alpha value is -3.29. The maximum atomic E-state index is 13.0. The van der Waals surface area contributed by atoms with Gasteiger partial charge in [0.25, 0.3) is 11.1 Å². The Morgan fingerprint density at radius 3 is 2.57 bits per heavy atom. The van der Waals surface area contributed by atoms with E-state index in [0.717, 1.165) is 33.0 Å². The van der Waals surface area contributed by atoms with Gasteiger partial charge < -0.3 is 9.47 Å². The second-order valence-corrected chi connectivity index (χ2v) is 9.52. The topological polar surface area (TPSA) is 72.9 Å². The predicted octanol–water partition coefficient (Wildman–Crippen LogP) is 6.45. The average Bonchev–Trinajstić information content (AvgIpc) is 3.11. The summed E-state index contributed by atoms with van der Waals surface area (Å²) >= 11 is 6.77. The zero-order valence-corrected chi connectivity index (χ0v) is 20.9. The number of ether oxygens (including phenoxy) is 2. The van der Waals surface area contributed by atoms with Crippen LogP contribution in [0.5, 0.6) is 5.75 Å². The number of fused-ring (bicyclic) bond motifs is 1. The Morgan fingerprint density at radius 2 is 1.83 bits per heavy atom. The van der Waals surface area contributed by atoms with Gasteiger partial charge in [0.2, 0.25) is 0 Å². The Labute approximate surface area is 212 Å². The van der Waals surface area contributed by atoms with Crippen molar-refractivity contribution in [3.63, 3.8) is 0 Å². The molecule has 0 aliphatic carbocycles. The molecule has 1 saturated heterocycles. The number of hydrogen-bond donors (Lipinski definition) is 0. The van der Waals surface area contributed by atoms with Gasteiger partial charge >= 0.3 is 5.97 Å². The third kappa shape index (κ3) is 5.86. The van der Waals surface area contributed by atoms with E-state index in [2.05, 4.69) is 0 Å². The van der Waals surface area contributed by atoms with Crippen LogP contribution in [-0.2, 0) is 20.9 Å². The molecule has 1 heterocycles. The molecule has 2 amide bonds. The Morgan fingerprint density at radius 1 is 1.09 bits per heavy atom. The van der Waals surface area contributed by atoms with Crippen LogP contribution in [0.15, 0.2) is 65.6 Å². The molecule has 3 aromatic carbocycles. The van der Waals surface area contributed by atoms with E-state index in [4.69, 9.17) is 21.1 Å². The maximum absolute atomic E-state index is 13.0. The fourth-order valence-electron chi connectivity index (χ4n) is 3.53. The minimum absolute atomic E-state index is 0.221. The smallest absolute Gasteiger partial charge is 0.326 e. The molecule has 0 saturated carbocycles. The van der Waals surface area contributed by atoms with Crippen molar-refractivity contribution in [1.29, 1.82) is 0 Å². The van der Waals surface area contributed by atoms with Crippen molar-refractivity contribution >= 4 is 57.3 Å². The van der Waals surface area contributed by atoms with Crippen molar-refractivity contribution in [1.82, 2.24) is 4.90 Å². The first-order valence-corrected chi connectivity index (χ1v) is 12.4. The second-order valence-electron chi connectivity index (χ2n) is 8.09. The summed E-state index contributed by atoms with van der Waals surface area (Å²) in [5.74, 6) is -0.570. The van der Waals surface area contributed by atoms with Gasteiger partial charge in [0.1, 0.15) is 18.9 Å². The molecule has 6 nitrogen and oxygen atoms in total. The predicted molar refractivity (Wildman–Crippen MR) is 138 cm³/mol. The van der Waals surface area contributed by atoms with Crippen LogP contribution in [0, 0.1) is 0 Å². The Balaban J connectivity index is 1.62. The van der Waals surface area contributed by atoms with Crippen LogP contribution >= 0.6 is 23.4 Å². The Kier molecular flexibility index (Phi) is 7.78. The van der Waals surface area contributed by atoms with Gasteiger partial charge in [0.15, 0.2) is 0 Å². The average molecular weight is 510 g/mol. The van der Waals surface area contributed by atoms with Gasteiger partial charge in [-0.25, -0.2) is 0 Å². The van der Waals surface area contributed by atoms with E-state index >= 15 is 0 Å². The number of esters is 1. The molecule has 0 radical (unpaired) electrons. The molecule has 180 valence electrons. The number of amides is 2. The first-order valence-electron chi connectivity index (χ1n) is 11.2. The number of hydrogen-bond acceptors (Lipinski definition) is 6. The van der Waals surface area contributed by atoms with Gasteiger partial charge in [-0.2, -0.15) is 0 Å². The number of thioether (sulfide) groups is 1. The zero-order chi connectivity index (χ0) is 24.9. The van der Waals surface area contributed by atoms with E-state index in [-0.39, 0.29) is 11.0 Å². The Bertz CT molecular complexity index is 1300. The van der Waals surface area contributed by atoms with Crippen molar-refractivity contribution < 1.29 is 23.9 Å². The molecule has 1 fully saturated rings. The highest BCUT2D eigenvalue weighted by molar-refractivity contribution is 8.18. The quantitative estimate of drug-likeness (QED) is 0.256. The lowest BCUT2D eigenvalue weighted by molar-refractivity contribution is -0.150. The van der Waals surface area contributed by atoms with E-state index in [0.29, 0.717) is 29.4 Å². The molecule has 1 aliphatic heterocycles. The summed E-state index contributed by atoms with van der Waals surface area (Å²) in [6, 6.07) is 18.9. The number of nitrogens with zero attached hydrogens (tertiary/aromatic N) is 1. The monoisotopic (exact) mass is 509 g/mol. The SMILES string of the molecule is CC[C@H](C)OC(=O)CN1C(=O)S/C(=C/c2c(OCc3ccc(Cl)cc3)ccc3ccccc23)C1=O. The molecule has 0 bridgehead atoms. The third-order valence-corrected chi connectivity index (χ3v) is 6.74. The van der Waals surface area contributed by atoms with Crippen molar-refractivity contribution in [2.45, 2.75) is 33.0 Å². The molecule has 1 aliphatic rings. The molecule has 35 heavy (non-hydrogen) atoms. The number of imide groups is 1. The lowest BCUT2D eigenvalue weighted by Gasteiger charge is -2.15. The number of carbonyl (C=O) groups excluding carboxylic acids is 3. The fraction of sp³-hybridized carbons (Fsp3) is 0.222. The van der Waals surface area contributed by atoms with Crippen LogP contribution in [0.4, 0.5) is 4.79 Å². The van der Waals surface area contributed by atoms with Crippen LogP contribution in [-0.4, -0.2) is 34.7 Å². The van der Waals surface area contributed by atoms with Crippen molar-refractivity contribution in [3.8, 4) is 5.75 Å². The van der Waals surface area contributed by atoms with E-state index in [9.17, 15) is 14.4 Å². The van der Waals surface area contributed by atoms with Crippen molar-refractivity contribution in [2.75, 3.05) is 6.54 Å². The summed E-state index contributed by atoms with van der Waals surface area (Å²) < 4.78 is 11.3. The normalized spacial score (nSPS) is 15.6. The van der Waals surface area contributed by atoms with Crippen LogP contribution in [0.25, 0.3) is 16.8 Å². The molecule has 0 unspecified atom stereocenters. The number of rotatable bonds is 8. The highest BCUT2D eigenvalue weighted by Crippen LogP contribution is 2.37. The molecule has 0 aromatic heterocycles. The number of halogens is 1. The molecule has 0 spiro atoms. The van der Waals surface area contributed by atoms with Gasteiger partial charge in [-0.1, -0.05) is 61.0 Å². The lowest BCUT2D eigenvalue weighted by atomic mass is 10.0. The molecular formula is C27H24ClNO5S. The summed E-state index contributed by atoms with van der Waals surface area (Å²) in [7, 11) is 0. The minimum atomic E-state index is -0.611. The fourth-order valence-corrected chi connectivity index (χ4v) is 4.48. The van der Waals surface area contributed by atoms with E-state index in [1.807, 2.05) is 55.5 Å². The summed E-state index contributed by atoms with van der Waals surface area (Å²) in [6.45, 7) is 3.54. The highest BCUT2D eigenvalue weighted by atomic mass is 35.5. The van der Waals surface area contributed by atoms with E-state index < -0.39 is 23.7 Å². The molecule has 4 rings (SSSR count). The lowest BCUT2D eigenvalue weighted by Crippen LogP contribution is -2.35. The zero-order valence-electron chi connectivity index (χ0n) is 19.3. The van der Waals surface area contributed by atoms with E-state index in [1.54, 1.807) is 25.1 Å². The van der Waals surface area contributed by atoms with Crippen molar-refractivity contribution in [2.24, 2.45) is 0 Å². The number of benzene rings is 3. The van der Waals surface area contributed by atoms with Gasteiger partial charge in [-0.3, -0.25) is 19.3 Å². The standard InChI is InChI=1S/C27H24ClNO5S/c1-3-17(2)34-25(30)15-29-26(31)24(35-27(29)32)14-22-21-7-5-4-6-19(21)10-13-23(22)33-16-18-8-11-20(28)12-9-18/h4-14,17H,3,15-16H2,1-2H3/b24-14+/t17-/m0/s1. The highest BCUT2D eigenvalue weighted by Gasteiger charge is 2.37. The summed E-state index contributed by atoms with van der Waals surface area (Å²) in [6.07, 6.45) is 2.02. The summed E-state index contributed by atoms with van der Waals surface area (Å²) in [5, 5.41) is 1.98. The largest absolute Gasteiger partial charge is 0.488 e. The van der Waals surface area contributed by atoms with Crippen LogP contribution in [0.3, 0.4) is 0 Å². The molecular weight excluding hydrogens is 486 g/mol. The van der Waals surface area contributed by atoms with Gasteiger partial charge in [-0.15, -0.1) is 0 Å². The molecule has 1 atom stereocenters. The molecule has 0 N–H and O–H groups in total. The number of carbonyl (C=O) groups is 3. The third-order valence-electron chi connectivity index (χ3n) is 5.58. The first-order chi connectivity index (χ1) is 16.9. The van der Waals surface area contributed by atoms with Gasteiger partial charge in [0, 0.05) is 10.6 Å². The summed E-state index contributed by atoms with van der Waals surface area (Å²) in [5.41, 5.74) is 1.62. The molecule has 3 aromatic rings. The van der Waals surface area contributed by atoms with Crippen LogP contribution in [0.2, 0.25) is 5.02 Å². The maximum Gasteiger partial charge on any atom is 0.326 e. The minimum Gasteiger partial charge on any atom is -0.488 e. The van der Waals surface area contributed by atoms with E-state index in [1.165, 1.54) is 0 Å². The first kappa shape index (κ1) is 24.8. The van der Waals surface area contributed by atoms with Gasteiger partial charge in [-0.05, 0) is 65.7 Å². The summed E-state index contributed by atoms with van der Waals surface area (Å²) in [4.78, 5) is 38.9. The van der Waals surface area contributed by atoms with Crippen LogP contribution < -0.4 is 4.74 Å². The molecule has 8 heteroatoms.